The van der Waals surface area contributed by atoms with Crippen molar-refractivity contribution in [2.24, 2.45) is 0 Å². The monoisotopic (exact) mass is 357 g/mol. The third-order valence-corrected chi connectivity index (χ3v) is 5.01. The van der Waals surface area contributed by atoms with Gasteiger partial charge in [0, 0.05) is 24.7 Å². The maximum Gasteiger partial charge on any atom is 0.287 e. The Labute approximate surface area is 151 Å². The lowest BCUT2D eigenvalue weighted by atomic mass is 10.2. The molecule has 1 aromatic heterocycles. The fourth-order valence-corrected chi connectivity index (χ4v) is 3.56. The molecule has 0 unspecified atom stereocenters. The van der Waals surface area contributed by atoms with Gasteiger partial charge in [-0.15, -0.1) is 0 Å². The van der Waals surface area contributed by atoms with Gasteiger partial charge in [0.1, 0.15) is 0 Å². The predicted octanol–water partition coefficient (Wildman–Crippen LogP) is 2.93. The van der Waals surface area contributed by atoms with Crippen molar-refractivity contribution in [3.05, 3.63) is 64.9 Å². The average molecular weight is 358 g/mol. The molecule has 3 aromatic rings. The molecule has 1 fully saturated rings. The lowest BCUT2D eigenvalue weighted by Crippen LogP contribution is -2.46. The van der Waals surface area contributed by atoms with Crippen molar-refractivity contribution < 1.29 is 10.2 Å². The van der Waals surface area contributed by atoms with Crippen LogP contribution in [0.15, 0.2) is 48.5 Å². The second-order valence-corrected chi connectivity index (χ2v) is 6.90. The second-order valence-electron chi connectivity index (χ2n) is 6.47. The van der Waals surface area contributed by atoms with Crippen LogP contribution in [0.4, 0.5) is 0 Å². The number of aromatic nitrogens is 2. The topological polar surface area (TPSA) is 61.5 Å². The molecule has 1 saturated heterocycles. The fraction of sp³-hybridized carbons (Fsp3) is 0.316. The van der Waals surface area contributed by atoms with Gasteiger partial charge in [0.05, 0.1) is 11.0 Å². The molecule has 0 aliphatic carbocycles. The van der Waals surface area contributed by atoms with Crippen LogP contribution >= 0.6 is 11.6 Å². The molecule has 1 aliphatic rings. The molecule has 2 N–H and O–H groups in total. The summed E-state index contributed by atoms with van der Waals surface area (Å²) < 4.78 is 1.87. The van der Waals surface area contributed by atoms with Gasteiger partial charge in [-0.2, -0.15) is 0 Å². The van der Waals surface area contributed by atoms with Crippen molar-refractivity contribution in [1.29, 1.82) is 0 Å². The van der Waals surface area contributed by atoms with E-state index in [0.29, 0.717) is 24.7 Å². The molecule has 0 saturated carbocycles. The molecular formula is C19H20ClN3O2. The van der Waals surface area contributed by atoms with Crippen LogP contribution in [0.5, 0.6) is 0 Å². The molecule has 2 aromatic carbocycles. The number of aliphatic hydroxyl groups is 2. The summed E-state index contributed by atoms with van der Waals surface area (Å²) in [6, 6.07) is 15.2. The van der Waals surface area contributed by atoms with Gasteiger partial charge in [-0.3, -0.25) is 0 Å². The van der Waals surface area contributed by atoms with Crippen LogP contribution in [0, 0.1) is 0 Å². The van der Waals surface area contributed by atoms with E-state index in [9.17, 15) is 10.2 Å². The quantitative estimate of drug-likeness (QED) is 0.705. The molecule has 0 atom stereocenters. The number of imidazole rings is 1. The third kappa shape index (κ3) is 3.04. The first-order chi connectivity index (χ1) is 12.1. The molecule has 5 nitrogen and oxygen atoms in total. The van der Waals surface area contributed by atoms with Crippen LogP contribution < -0.4 is 0 Å². The minimum atomic E-state index is -2.08. The highest BCUT2D eigenvalue weighted by molar-refractivity contribution is 6.30. The van der Waals surface area contributed by atoms with Gasteiger partial charge in [0.25, 0.3) is 5.91 Å². The Morgan fingerprint density at radius 2 is 1.68 bits per heavy atom. The van der Waals surface area contributed by atoms with E-state index in [1.807, 2.05) is 53.1 Å². The number of nitrogens with zero attached hydrogens (tertiary/aromatic N) is 3. The van der Waals surface area contributed by atoms with Gasteiger partial charge in [-0.05, 0) is 42.7 Å². The largest absolute Gasteiger partial charge is 0.347 e. The molecule has 1 aliphatic heterocycles. The van der Waals surface area contributed by atoms with Crippen molar-refractivity contribution in [2.45, 2.75) is 25.3 Å². The lowest BCUT2D eigenvalue weighted by Gasteiger charge is -2.31. The number of para-hydroxylation sites is 2. The van der Waals surface area contributed by atoms with Gasteiger partial charge < -0.3 is 14.8 Å². The van der Waals surface area contributed by atoms with Gasteiger partial charge in [0.15, 0.2) is 5.82 Å². The highest BCUT2D eigenvalue weighted by Crippen LogP contribution is 2.30. The molecule has 4 rings (SSSR count). The van der Waals surface area contributed by atoms with E-state index < -0.39 is 5.91 Å². The fourth-order valence-electron chi connectivity index (χ4n) is 3.43. The Kier molecular flexibility index (Phi) is 4.25. The zero-order chi connectivity index (χ0) is 17.4. The Hall–Kier alpha value is -1.92. The summed E-state index contributed by atoms with van der Waals surface area (Å²) in [7, 11) is 0. The summed E-state index contributed by atoms with van der Waals surface area (Å²) in [4.78, 5) is 6.21. The van der Waals surface area contributed by atoms with Crippen molar-refractivity contribution in [3.63, 3.8) is 0 Å². The smallest absolute Gasteiger partial charge is 0.287 e. The molecule has 25 heavy (non-hydrogen) atoms. The van der Waals surface area contributed by atoms with E-state index in [1.165, 1.54) is 0 Å². The number of benzene rings is 2. The zero-order valence-electron chi connectivity index (χ0n) is 13.8. The van der Waals surface area contributed by atoms with Crippen molar-refractivity contribution in [3.8, 4) is 0 Å². The first kappa shape index (κ1) is 16.5. The minimum absolute atomic E-state index is 0.255. The van der Waals surface area contributed by atoms with Gasteiger partial charge in [-0.1, -0.05) is 35.9 Å². The van der Waals surface area contributed by atoms with Crippen molar-refractivity contribution >= 4 is 22.6 Å². The molecule has 0 amide bonds. The van der Waals surface area contributed by atoms with Crippen LogP contribution in [0.3, 0.4) is 0 Å². The standard InChI is InChI=1S/C19H20ClN3O2/c20-15-9-7-14(8-10-15)13-23-17-6-2-1-5-16(17)21-18(23)19(24,25)22-11-3-4-12-22/h1-2,5-10,24-25H,3-4,11-13H2. The third-order valence-electron chi connectivity index (χ3n) is 4.76. The molecule has 0 radical (unpaired) electrons. The van der Waals surface area contributed by atoms with Crippen molar-refractivity contribution in [2.75, 3.05) is 13.1 Å². The molecule has 0 bridgehead atoms. The second kappa shape index (κ2) is 6.42. The zero-order valence-corrected chi connectivity index (χ0v) is 14.5. The Morgan fingerprint density at radius 3 is 2.40 bits per heavy atom. The maximum absolute atomic E-state index is 10.9. The minimum Gasteiger partial charge on any atom is -0.347 e. The molecule has 0 spiro atoms. The number of halogens is 1. The van der Waals surface area contributed by atoms with Gasteiger partial charge in [-0.25, -0.2) is 9.88 Å². The molecule has 6 heteroatoms. The van der Waals surface area contributed by atoms with Gasteiger partial charge >= 0.3 is 0 Å². The summed E-state index contributed by atoms with van der Waals surface area (Å²) in [5.41, 5.74) is 2.64. The molecule has 130 valence electrons. The summed E-state index contributed by atoms with van der Waals surface area (Å²) in [5.74, 6) is -1.83. The van der Waals surface area contributed by atoms with Crippen LogP contribution in [-0.4, -0.2) is 37.8 Å². The molecular weight excluding hydrogens is 338 g/mol. The number of hydrogen-bond donors (Lipinski definition) is 2. The predicted molar refractivity (Wildman–Crippen MR) is 97.2 cm³/mol. The summed E-state index contributed by atoms with van der Waals surface area (Å²) >= 11 is 5.97. The average Bonchev–Trinajstić information content (AvgIpc) is 3.26. The van der Waals surface area contributed by atoms with E-state index >= 15 is 0 Å². The summed E-state index contributed by atoms with van der Waals surface area (Å²) in [5, 5.41) is 22.4. The SMILES string of the molecule is OC(O)(c1nc2ccccc2n1Cc1ccc(Cl)cc1)N1CCCC1. The van der Waals surface area contributed by atoms with Crippen LogP contribution in [0.1, 0.15) is 24.2 Å². The number of likely N-dealkylation sites (tertiary alicyclic amines) is 1. The van der Waals surface area contributed by atoms with E-state index in [1.54, 1.807) is 4.90 Å². The van der Waals surface area contributed by atoms with E-state index in [4.69, 9.17) is 11.6 Å². The Balaban J connectivity index is 1.81. The van der Waals surface area contributed by atoms with Crippen molar-refractivity contribution in [1.82, 2.24) is 14.5 Å². The Bertz CT molecular complexity index is 883. The number of rotatable bonds is 4. The van der Waals surface area contributed by atoms with Gasteiger partial charge in [0.2, 0.25) is 0 Å². The van der Waals surface area contributed by atoms with E-state index in [-0.39, 0.29) is 5.82 Å². The first-order valence-electron chi connectivity index (χ1n) is 8.46. The molecule has 2 heterocycles. The number of hydrogen-bond acceptors (Lipinski definition) is 4. The summed E-state index contributed by atoms with van der Waals surface area (Å²) in [6.07, 6.45) is 1.92. The Morgan fingerprint density at radius 1 is 1.00 bits per heavy atom. The maximum atomic E-state index is 10.9. The highest BCUT2D eigenvalue weighted by Gasteiger charge is 2.40. The van der Waals surface area contributed by atoms with E-state index in [2.05, 4.69) is 4.98 Å². The normalized spacial score (nSPS) is 16.0. The van der Waals surface area contributed by atoms with Crippen LogP contribution in [0.25, 0.3) is 11.0 Å². The number of fused-ring (bicyclic) bond motifs is 1. The van der Waals surface area contributed by atoms with Crippen LogP contribution in [-0.2, 0) is 12.5 Å². The summed E-state index contributed by atoms with van der Waals surface area (Å²) in [6.45, 7) is 1.79. The highest BCUT2D eigenvalue weighted by atomic mass is 35.5. The van der Waals surface area contributed by atoms with E-state index in [0.717, 1.165) is 29.4 Å². The lowest BCUT2D eigenvalue weighted by molar-refractivity contribution is -0.275. The van der Waals surface area contributed by atoms with Crippen LogP contribution in [0.2, 0.25) is 5.02 Å². The first-order valence-corrected chi connectivity index (χ1v) is 8.83.